The van der Waals surface area contributed by atoms with Crippen molar-refractivity contribution in [3.8, 4) is 17.2 Å². The van der Waals surface area contributed by atoms with E-state index in [0.29, 0.717) is 41.7 Å². The van der Waals surface area contributed by atoms with Gasteiger partial charge in [0.1, 0.15) is 5.75 Å². The van der Waals surface area contributed by atoms with E-state index in [4.69, 9.17) is 14.2 Å². The second-order valence-electron chi connectivity index (χ2n) is 6.42. The lowest BCUT2D eigenvalue weighted by molar-refractivity contribution is -0.122. The number of hydrogen-bond donors (Lipinski definition) is 2. The van der Waals surface area contributed by atoms with E-state index in [1.807, 2.05) is 19.1 Å². The fourth-order valence-electron chi connectivity index (χ4n) is 3.06. The van der Waals surface area contributed by atoms with Crippen LogP contribution in [-0.2, 0) is 9.59 Å². The van der Waals surface area contributed by atoms with Crippen molar-refractivity contribution < 1.29 is 23.8 Å². The molecule has 0 saturated heterocycles. The Morgan fingerprint density at radius 2 is 1.78 bits per heavy atom. The molecule has 0 aromatic heterocycles. The SMILES string of the molecule is CCOc1ccccc1NC(=O)C1CC1C(=O)Nc1ccc2c(c1)OCO2. The first-order valence-electron chi connectivity index (χ1n) is 8.89. The highest BCUT2D eigenvalue weighted by Gasteiger charge is 2.48. The molecule has 0 radical (unpaired) electrons. The van der Waals surface area contributed by atoms with E-state index >= 15 is 0 Å². The maximum Gasteiger partial charge on any atom is 0.231 e. The molecule has 2 aromatic rings. The van der Waals surface area contributed by atoms with Gasteiger partial charge in [0.05, 0.1) is 24.1 Å². The van der Waals surface area contributed by atoms with Crippen molar-refractivity contribution in [3.05, 3.63) is 42.5 Å². The number of ether oxygens (including phenoxy) is 3. The summed E-state index contributed by atoms with van der Waals surface area (Å²) in [6.45, 7) is 2.58. The first-order chi connectivity index (χ1) is 13.2. The van der Waals surface area contributed by atoms with Crippen LogP contribution in [0.2, 0.25) is 0 Å². The lowest BCUT2D eigenvalue weighted by Gasteiger charge is -2.11. The van der Waals surface area contributed by atoms with E-state index in [1.54, 1.807) is 30.3 Å². The Kier molecular flexibility index (Phi) is 4.58. The van der Waals surface area contributed by atoms with Gasteiger partial charge in [-0.05, 0) is 37.6 Å². The van der Waals surface area contributed by atoms with Gasteiger partial charge in [-0.1, -0.05) is 12.1 Å². The molecule has 1 aliphatic carbocycles. The zero-order valence-electron chi connectivity index (χ0n) is 14.9. The standard InChI is InChI=1S/C20H20N2O5/c1-2-25-16-6-4-3-5-15(16)22-20(24)14-10-13(14)19(23)21-12-7-8-17-18(9-12)27-11-26-17/h3-9,13-14H,2,10-11H2,1H3,(H,21,23)(H,22,24). The van der Waals surface area contributed by atoms with Crippen molar-refractivity contribution in [2.24, 2.45) is 11.8 Å². The lowest BCUT2D eigenvalue weighted by Crippen LogP contribution is -2.20. The fourth-order valence-corrected chi connectivity index (χ4v) is 3.06. The molecular formula is C20H20N2O5. The molecule has 2 aromatic carbocycles. The monoisotopic (exact) mass is 368 g/mol. The Labute approximate surface area is 156 Å². The highest BCUT2D eigenvalue weighted by molar-refractivity contribution is 6.03. The molecule has 7 heteroatoms. The van der Waals surface area contributed by atoms with E-state index in [-0.39, 0.29) is 30.4 Å². The summed E-state index contributed by atoms with van der Waals surface area (Å²) in [5, 5.41) is 5.69. The fraction of sp³-hybridized carbons (Fsp3) is 0.300. The van der Waals surface area contributed by atoms with Gasteiger partial charge in [-0.25, -0.2) is 0 Å². The van der Waals surface area contributed by atoms with Gasteiger partial charge < -0.3 is 24.8 Å². The van der Waals surface area contributed by atoms with Gasteiger partial charge in [0.15, 0.2) is 11.5 Å². The third-order valence-electron chi connectivity index (χ3n) is 4.55. The van der Waals surface area contributed by atoms with Crippen molar-refractivity contribution in [1.29, 1.82) is 0 Å². The van der Waals surface area contributed by atoms with Crippen LogP contribution in [0.25, 0.3) is 0 Å². The van der Waals surface area contributed by atoms with Gasteiger partial charge in [0.25, 0.3) is 0 Å². The van der Waals surface area contributed by atoms with E-state index < -0.39 is 0 Å². The number of carbonyl (C=O) groups excluding carboxylic acids is 2. The molecule has 2 unspecified atom stereocenters. The lowest BCUT2D eigenvalue weighted by atomic mass is 10.2. The molecule has 2 aliphatic rings. The van der Waals surface area contributed by atoms with E-state index in [9.17, 15) is 9.59 Å². The first kappa shape index (κ1) is 17.2. The number of rotatable bonds is 6. The number of hydrogen-bond acceptors (Lipinski definition) is 5. The van der Waals surface area contributed by atoms with Gasteiger partial charge in [-0.3, -0.25) is 9.59 Å². The molecule has 1 aliphatic heterocycles. The Balaban J connectivity index is 1.35. The number of anilines is 2. The molecule has 1 heterocycles. The van der Waals surface area contributed by atoms with E-state index in [2.05, 4.69) is 10.6 Å². The van der Waals surface area contributed by atoms with Crippen molar-refractivity contribution in [2.45, 2.75) is 13.3 Å². The average Bonchev–Trinajstić information content (AvgIpc) is 3.34. The van der Waals surface area contributed by atoms with Gasteiger partial charge in [-0.15, -0.1) is 0 Å². The Morgan fingerprint density at radius 1 is 1.04 bits per heavy atom. The van der Waals surface area contributed by atoms with E-state index in [0.717, 1.165) is 0 Å². The number of para-hydroxylation sites is 2. The largest absolute Gasteiger partial charge is 0.492 e. The predicted octanol–water partition coefficient (Wildman–Crippen LogP) is 3.03. The van der Waals surface area contributed by atoms with Crippen LogP contribution in [0.4, 0.5) is 11.4 Å². The Hall–Kier alpha value is -3.22. The van der Waals surface area contributed by atoms with Crippen LogP contribution in [0.3, 0.4) is 0 Å². The summed E-state index contributed by atoms with van der Waals surface area (Å²) in [7, 11) is 0. The quantitative estimate of drug-likeness (QED) is 0.819. The number of carbonyl (C=O) groups is 2. The molecule has 1 fully saturated rings. The highest BCUT2D eigenvalue weighted by atomic mass is 16.7. The van der Waals surface area contributed by atoms with Gasteiger partial charge in [0.2, 0.25) is 18.6 Å². The van der Waals surface area contributed by atoms with Crippen LogP contribution in [0, 0.1) is 11.8 Å². The zero-order chi connectivity index (χ0) is 18.8. The van der Waals surface area contributed by atoms with Gasteiger partial charge in [0, 0.05) is 11.8 Å². The van der Waals surface area contributed by atoms with Crippen molar-refractivity contribution in [3.63, 3.8) is 0 Å². The predicted molar refractivity (Wildman–Crippen MR) is 99.0 cm³/mol. The summed E-state index contributed by atoms with van der Waals surface area (Å²) in [4.78, 5) is 24.9. The molecule has 2 N–H and O–H groups in total. The number of nitrogens with one attached hydrogen (secondary N) is 2. The van der Waals surface area contributed by atoms with Crippen LogP contribution < -0.4 is 24.8 Å². The number of fused-ring (bicyclic) bond motifs is 1. The van der Waals surface area contributed by atoms with Crippen LogP contribution >= 0.6 is 0 Å². The second-order valence-corrected chi connectivity index (χ2v) is 6.42. The number of benzene rings is 2. The van der Waals surface area contributed by atoms with Gasteiger partial charge in [-0.2, -0.15) is 0 Å². The summed E-state index contributed by atoms with van der Waals surface area (Å²) in [6, 6.07) is 12.5. The zero-order valence-corrected chi connectivity index (χ0v) is 14.9. The molecule has 2 amide bonds. The van der Waals surface area contributed by atoms with Crippen LogP contribution in [0.5, 0.6) is 17.2 Å². The molecule has 2 atom stereocenters. The molecule has 140 valence electrons. The minimum Gasteiger partial charge on any atom is -0.492 e. The van der Waals surface area contributed by atoms with Crippen LogP contribution in [-0.4, -0.2) is 25.2 Å². The summed E-state index contributed by atoms with van der Waals surface area (Å²) in [5.74, 6) is 0.855. The Bertz CT molecular complexity index is 882. The average molecular weight is 368 g/mol. The first-order valence-corrected chi connectivity index (χ1v) is 8.89. The van der Waals surface area contributed by atoms with Crippen LogP contribution in [0.15, 0.2) is 42.5 Å². The third-order valence-corrected chi connectivity index (χ3v) is 4.55. The van der Waals surface area contributed by atoms with Crippen molar-refractivity contribution in [2.75, 3.05) is 24.0 Å². The summed E-state index contributed by atoms with van der Waals surface area (Å²) in [6.07, 6.45) is 0.527. The third kappa shape index (κ3) is 3.67. The van der Waals surface area contributed by atoms with Crippen LogP contribution in [0.1, 0.15) is 13.3 Å². The van der Waals surface area contributed by atoms with Crippen molar-refractivity contribution >= 4 is 23.2 Å². The molecule has 4 rings (SSSR count). The summed E-state index contributed by atoms with van der Waals surface area (Å²) >= 11 is 0. The highest BCUT2D eigenvalue weighted by Crippen LogP contribution is 2.41. The minimum atomic E-state index is -0.339. The maximum absolute atomic E-state index is 12.5. The molecule has 0 bridgehead atoms. The van der Waals surface area contributed by atoms with E-state index in [1.165, 1.54) is 0 Å². The minimum absolute atomic E-state index is 0.173. The second kappa shape index (κ2) is 7.19. The number of amides is 2. The molecule has 7 nitrogen and oxygen atoms in total. The maximum atomic E-state index is 12.5. The summed E-state index contributed by atoms with van der Waals surface area (Å²) < 4.78 is 16.1. The summed E-state index contributed by atoms with van der Waals surface area (Å²) in [5.41, 5.74) is 1.24. The smallest absolute Gasteiger partial charge is 0.231 e. The van der Waals surface area contributed by atoms with Gasteiger partial charge >= 0.3 is 0 Å². The molecule has 0 spiro atoms. The molecule has 27 heavy (non-hydrogen) atoms. The Morgan fingerprint density at radius 3 is 2.59 bits per heavy atom. The van der Waals surface area contributed by atoms with Crippen molar-refractivity contribution in [1.82, 2.24) is 0 Å². The molecular weight excluding hydrogens is 348 g/mol. The normalized spacial score (nSPS) is 19.3. The molecule has 1 saturated carbocycles. The topological polar surface area (TPSA) is 85.9 Å².